The van der Waals surface area contributed by atoms with Crippen LogP contribution in [0.3, 0.4) is 0 Å². The maximum atomic E-state index is 12.9. The number of nitrogens with one attached hydrogen (secondary N) is 2. The maximum absolute atomic E-state index is 12.9. The first-order chi connectivity index (χ1) is 13.4. The summed E-state index contributed by atoms with van der Waals surface area (Å²) in [5.41, 5.74) is 8.28. The van der Waals surface area contributed by atoms with Crippen LogP contribution in [0.4, 0.5) is 11.4 Å². The van der Waals surface area contributed by atoms with Crippen LogP contribution in [0, 0.1) is 18.3 Å². The molecule has 2 unspecified atom stereocenters. The number of hydrogen-bond donors (Lipinski definition) is 4. The highest BCUT2D eigenvalue weighted by molar-refractivity contribution is 6.02. The van der Waals surface area contributed by atoms with Gasteiger partial charge in [0.15, 0.2) is 0 Å². The number of carbonyl (C=O) groups excluding carboxylic acids is 2. The van der Waals surface area contributed by atoms with E-state index in [4.69, 9.17) is 11.1 Å². The van der Waals surface area contributed by atoms with Gasteiger partial charge in [0.2, 0.25) is 5.91 Å². The van der Waals surface area contributed by atoms with Crippen LogP contribution in [-0.2, 0) is 9.59 Å². The summed E-state index contributed by atoms with van der Waals surface area (Å²) < 4.78 is 0. The van der Waals surface area contributed by atoms with E-state index in [-0.39, 0.29) is 11.7 Å². The number of amidine groups is 1. The second kappa shape index (κ2) is 8.22. The Morgan fingerprint density at radius 2 is 1.86 bits per heavy atom. The molecule has 7 nitrogen and oxygen atoms in total. The third kappa shape index (κ3) is 4.20. The van der Waals surface area contributed by atoms with Crippen molar-refractivity contribution in [2.45, 2.75) is 25.9 Å². The number of aryl methyl sites for hydroxylation is 1. The van der Waals surface area contributed by atoms with Gasteiger partial charge in [-0.2, -0.15) is 0 Å². The standard InChI is InChI=1S/C21H24N4O3/c1-13-4-10-16(11-5-13)25-12-2-3-17(21(25)28)18(26)20(27)24-15-8-6-14(7-9-15)19(22)23/h4-11,17-18,26H,2-3,12H2,1H3,(H3,22,23)(H,24,27). The molecule has 146 valence electrons. The number of carbonyl (C=O) groups is 2. The van der Waals surface area contributed by atoms with E-state index in [1.807, 2.05) is 31.2 Å². The van der Waals surface area contributed by atoms with Gasteiger partial charge in [-0.05, 0) is 56.2 Å². The number of benzene rings is 2. The predicted octanol–water partition coefficient (Wildman–Crippen LogP) is 2.02. The molecule has 0 bridgehead atoms. The molecule has 3 rings (SSSR count). The van der Waals surface area contributed by atoms with Crippen LogP contribution in [0.5, 0.6) is 0 Å². The molecule has 2 aromatic carbocycles. The molecular formula is C21H24N4O3. The van der Waals surface area contributed by atoms with Gasteiger partial charge in [0.1, 0.15) is 11.9 Å². The van der Waals surface area contributed by atoms with Gasteiger partial charge in [0.25, 0.3) is 5.91 Å². The van der Waals surface area contributed by atoms with Crippen molar-refractivity contribution >= 4 is 29.0 Å². The zero-order valence-corrected chi connectivity index (χ0v) is 15.7. The van der Waals surface area contributed by atoms with E-state index in [0.717, 1.165) is 11.3 Å². The average Bonchev–Trinajstić information content (AvgIpc) is 2.69. The lowest BCUT2D eigenvalue weighted by Gasteiger charge is -2.34. The fourth-order valence-corrected chi connectivity index (χ4v) is 3.31. The first kappa shape index (κ1) is 19.6. The Morgan fingerprint density at radius 3 is 2.46 bits per heavy atom. The van der Waals surface area contributed by atoms with Gasteiger partial charge in [0.05, 0.1) is 5.92 Å². The van der Waals surface area contributed by atoms with Crippen LogP contribution in [-0.4, -0.2) is 35.4 Å². The molecule has 1 aliphatic heterocycles. The highest BCUT2D eigenvalue weighted by atomic mass is 16.3. The number of nitrogens with two attached hydrogens (primary N) is 1. The highest BCUT2D eigenvalue weighted by Crippen LogP contribution is 2.27. The maximum Gasteiger partial charge on any atom is 0.254 e. The lowest BCUT2D eigenvalue weighted by Crippen LogP contribution is -2.49. The number of hydrogen-bond acceptors (Lipinski definition) is 4. The SMILES string of the molecule is Cc1ccc(N2CCCC(C(O)C(=O)Nc3ccc(C(=N)N)cc3)C2=O)cc1. The first-order valence-corrected chi connectivity index (χ1v) is 9.18. The third-order valence-electron chi connectivity index (χ3n) is 4.94. The van der Waals surface area contributed by atoms with E-state index in [2.05, 4.69) is 5.32 Å². The number of aliphatic hydroxyl groups excluding tert-OH is 1. The van der Waals surface area contributed by atoms with Crippen molar-refractivity contribution in [1.29, 1.82) is 5.41 Å². The number of amides is 2. The monoisotopic (exact) mass is 380 g/mol. The highest BCUT2D eigenvalue weighted by Gasteiger charge is 2.38. The van der Waals surface area contributed by atoms with Gasteiger partial charge in [-0.1, -0.05) is 17.7 Å². The lowest BCUT2D eigenvalue weighted by molar-refractivity contribution is -0.136. The molecule has 5 N–H and O–H groups in total. The van der Waals surface area contributed by atoms with Crippen molar-refractivity contribution in [3.63, 3.8) is 0 Å². The molecule has 2 amide bonds. The fourth-order valence-electron chi connectivity index (χ4n) is 3.31. The summed E-state index contributed by atoms with van der Waals surface area (Å²) in [6, 6.07) is 14.0. The Labute approximate surface area is 163 Å². The Morgan fingerprint density at radius 1 is 1.21 bits per heavy atom. The van der Waals surface area contributed by atoms with Gasteiger partial charge >= 0.3 is 0 Å². The molecule has 0 radical (unpaired) electrons. The Balaban J connectivity index is 1.69. The van der Waals surface area contributed by atoms with Gasteiger partial charge in [-0.3, -0.25) is 15.0 Å². The summed E-state index contributed by atoms with van der Waals surface area (Å²) in [4.78, 5) is 27.0. The molecule has 0 aliphatic carbocycles. The van der Waals surface area contributed by atoms with Crippen molar-refractivity contribution < 1.29 is 14.7 Å². The molecule has 1 aliphatic rings. The molecule has 1 fully saturated rings. The number of aliphatic hydroxyl groups is 1. The van der Waals surface area contributed by atoms with E-state index >= 15 is 0 Å². The van der Waals surface area contributed by atoms with Gasteiger partial charge in [0, 0.05) is 23.5 Å². The summed E-state index contributed by atoms with van der Waals surface area (Å²) >= 11 is 0. The molecule has 0 saturated carbocycles. The average molecular weight is 380 g/mol. The molecule has 2 aromatic rings. The zero-order valence-electron chi connectivity index (χ0n) is 15.7. The summed E-state index contributed by atoms with van der Waals surface area (Å²) in [5, 5.41) is 20.5. The van der Waals surface area contributed by atoms with Crippen molar-refractivity contribution in [1.82, 2.24) is 0 Å². The Kier molecular flexibility index (Phi) is 5.75. The number of piperidine rings is 1. The molecule has 2 atom stereocenters. The second-order valence-electron chi connectivity index (χ2n) is 7.00. The van der Waals surface area contributed by atoms with Crippen molar-refractivity contribution in [2.24, 2.45) is 11.7 Å². The molecule has 1 heterocycles. The first-order valence-electron chi connectivity index (χ1n) is 9.18. The summed E-state index contributed by atoms with van der Waals surface area (Å²) in [6.07, 6.45) is -0.269. The molecule has 7 heteroatoms. The number of rotatable bonds is 5. The molecule has 0 spiro atoms. The normalized spacial score (nSPS) is 17.9. The van der Waals surface area contributed by atoms with Crippen LogP contribution in [0.1, 0.15) is 24.0 Å². The number of nitrogen functional groups attached to an aromatic ring is 1. The van der Waals surface area contributed by atoms with Crippen LogP contribution in [0.2, 0.25) is 0 Å². The zero-order chi connectivity index (χ0) is 20.3. The Hall–Kier alpha value is -3.19. The van der Waals surface area contributed by atoms with Crippen molar-refractivity contribution in [3.8, 4) is 0 Å². The van der Waals surface area contributed by atoms with Crippen LogP contribution >= 0.6 is 0 Å². The van der Waals surface area contributed by atoms with Gasteiger partial charge in [-0.15, -0.1) is 0 Å². The van der Waals surface area contributed by atoms with E-state index in [0.29, 0.717) is 30.6 Å². The van der Waals surface area contributed by atoms with E-state index in [9.17, 15) is 14.7 Å². The largest absolute Gasteiger partial charge is 0.384 e. The van der Waals surface area contributed by atoms with E-state index < -0.39 is 17.9 Å². The lowest BCUT2D eigenvalue weighted by atomic mass is 9.90. The summed E-state index contributed by atoms with van der Waals surface area (Å²) in [7, 11) is 0. The molecule has 1 saturated heterocycles. The minimum atomic E-state index is -1.44. The molecule has 28 heavy (non-hydrogen) atoms. The predicted molar refractivity (Wildman–Crippen MR) is 108 cm³/mol. The van der Waals surface area contributed by atoms with E-state index in [1.54, 1.807) is 29.2 Å². The van der Waals surface area contributed by atoms with Crippen LogP contribution in [0.25, 0.3) is 0 Å². The summed E-state index contributed by atoms with van der Waals surface area (Å²) in [6.45, 7) is 2.54. The van der Waals surface area contributed by atoms with Crippen LogP contribution < -0.4 is 16.0 Å². The second-order valence-corrected chi connectivity index (χ2v) is 7.00. The van der Waals surface area contributed by atoms with Crippen molar-refractivity contribution in [3.05, 3.63) is 59.7 Å². The quantitative estimate of drug-likeness (QED) is 0.468. The fraction of sp³-hybridized carbons (Fsp3) is 0.286. The molecular weight excluding hydrogens is 356 g/mol. The minimum absolute atomic E-state index is 0.0677. The minimum Gasteiger partial charge on any atom is -0.384 e. The summed E-state index contributed by atoms with van der Waals surface area (Å²) in [5.74, 6) is -1.72. The number of anilines is 2. The topological polar surface area (TPSA) is 120 Å². The Bertz CT molecular complexity index is 878. The third-order valence-corrected chi connectivity index (χ3v) is 4.94. The van der Waals surface area contributed by atoms with Crippen LogP contribution in [0.15, 0.2) is 48.5 Å². The smallest absolute Gasteiger partial charge is 0.254 e. The van der Waals surface area contributed by atoms with Gasteiger partial charge in [-0.25, -0.2) is 0 Å². The van der Waals surface area contributed by atoms with Gasteiger partial charge < -0.3 is 21.1 Å². The molecule has 0 aromatic heterocycles. The van der Waals surface area contributed by atoms with Crippen molar-refractivity contribution in [2.75, 3.05) is 16.8 Å². The number of nitrogens with zero attached hydrogens (tertiary/aromatic N) is 1. The van der Waals surface area contributed by atoms with E-state index in [1.165, 1.54) is 0 Å².